The van der Waals surface area contributed by atoms with Crippen molar-refractivity contribution in [3.63, 3.8) is 0 Å². The molecule has 0 heterocycles. The molecule has 0 bridgehead atoms. The summed E-state index contributed by atoms with van der Waals surface area (Å²) >= 11 is 0. The van der Waals surface area contributed by atoms with E-state index in [1.165, 1.54) is 5.56 Å². The number of hydrogen-bond donors (Lipinski definition) is 2. The maximum atomic E-state index is 8.89. The Balaban J connectivity index is 0.000001000. The van der Waals surface area contributed by atoms with E-state index in [0.717, 1.165) is 6.42 Å². The zero-order valence-corrected chi connectivity index (χ0v) is 6.88. The van der Waals surface area contributed by atoms with Crippen molar-refractivity contribution in [3.8, 4) is 5.75 Å². The third kappa shape index (κ3) is 3.25. The van der Waals surface area contributed by atoms with Crippen LogP contribution in [0.25, 0.3) is 0 Å². The van der Waals surface area contributed by atoms with Gasteiger partial charge in [-0.25, -0.2) is 0 Å². The molecule has 0 aliphatic heterocycles. The summed E-state index contributed by atoms with van der Waals surface area (Å²) < 4.78 is 0. The number of halogens is 1. The Morgan fingerprint density at radius 2 is 1.73 bits per heavy atom. The van der Waals surface area contributed by atoms with Crippen LogP contribution in [0, 0.1) is 0 Å². The van der Waals surface area contributed by atoms with Crippen LogP contribution in [0.15, 0.2) is 24.3 Å². The van der Waals surface area contributed by atoms with E-state index in [-0.39, 0.29) is 12.4 Å². The number of aromatic hydroxyl groups is 1. The van der Waals surface area contributed by atoms with Gasteiger partial charge in [-0.15, -0.1) is 0 Å². The Morgan fingerprint density at radius 3 is 2.18 bits per heavy atom. The lowest BCUT2D eigenvalue weighted by Gasteiger charge is -1.96. The molecule has 0 saturated heterocycles. The van der Waals surface area contributed by atoms with E-state index >= 15 is 0 Å². The van der Waals surface area contributed by atoms with Crippen molar-refractivity contribution in [2.75, 3.05) is 6.54 Å². The maximum absolute atomic E-state index is 8.89. The van der Waals surface area contributed by atoms with Crippen molar-refractivity contribution in [1.29, 1.82) is 0 Å². The second-order valence-electron chi connectivity index (χ2n) is 2.21. The molecule has 0 aliphatic carbocycles. The van der Waals surface area contributed by atoms with E-state index in [4.69, 9.17) is 10.8 Å². The van der Waals surface area contributed by atoms with E-state index < -0.39 is 0 Å². The molecule has 0 spiro atoms. The number of rotatable bonds is 2. The van der Waals surface area contributed by atoms with Crippen LogP contribution >= 0.6 is 0 Å². The Morgan fingerprint density at radius 1 is 1.18 bits per heavy atom. The summed E-state index contributed by atoms with van der Waals surface area (Å²) in [5, 5.41) is 8.89. The topological polar surface area (TPSA) is 46.2 Å². The number of phenols is 1. The Kier molecular flexibility index (Phi) is 4.66. The minimum absolute atomic E-state index is 0. The second-order valence-corrected chi connectivity index (χ2v) is 2.21. The fraction of sp³-hybridized carbons (Fsp3) is 0.250. The van der Waals surface area contributed by atoms with Crippen LogP contribution in [0.1, 0.15) is 5.56 Å². The first-order valence-corrected chi connectivity index (χ1v) is 3.31. The molecule has 0 aliphatic rings. The summed E-state index contributed by atoms with van der Waals surface area (Å²) in [6.07, 6.45) is 0.875. The SMILES string of the molecule is NCCc1ccc(O)cc1.[Cl-]. The molecule has 1 aromatic carbocycles. The summed E-state index contributed by atoms with van der Waals surface area (Å²) in [6, 6.07) is 7.10. The number of benzene rings is 1. The van der Waals surface area contributed by atoms with E-state index in [1.807, 2.05) is 12.1 Å². The molecule has 0 fully saturated rings. The molecule has 11 heavy (non-hydrogen) atoms. The van der Waals surface area contributed by atoms with Crippen molar-refractivity contribution in [1.82, 2.24) is 0 Å². The van der Waals surface area contributed by atoms with E-state index in [0.29, 0.717) is 12.3 Å². The quantitative estimate of drug-likeness (QED) is 0.537. The van der Waals surface area contributed by atoms with Crippen LogP contribution in [0.5, 0.6) is 5.75 Å². The van der Waals surface area contributed by atoms with Crippen LogP contribution in [-0.2, 0) is 6.42 Å². The molecule has 0 amide bonds. The molecular formula is C8H11ClNO-. The standard InChI is InChI=1S/C8H11NO.ClH/c9-6-5-7-1-3-8(10)4-2-7;/h1-4,10H,5-6,9H2;1H/p-1. The van der Waals surface area contributed by atoms with Crippen LogP contribution in [-0.4, -0.2) is 11.7 Å². The Labute approximate surface area is 72.4 Å². The van der Waals surface area contributed by atoms with Crippen LogP contribution in [0.2, 0.25) is 0 Å². The minimum Gasteiger partial charge on any atom is -1.00 e. The Hall–Kier alpha value is -0.730. The molecule has 62 valence electrons. The van der Waals surface area contributed by atoms with Gasteiger partial charge >= 0.3 is 0 Å². The van der Waals surface area contributed by atoms with Gasteiger partial charge in [-0.05, 0) is 30.7 Å². The highest BCUT2D eigenvalue weighted by Crippen LogP contribution is 2.09. The van der Waals surface area contributed by atoms with Gasteiger partial charge < -0.3 is 23.2 Å². The first-order valence-electron chi connectivity index (χ1n) is 3.31. The van der Waals surface area contributed by atoms with E-state index in [9.17, 15) is 0 Å². The van der Waals surface area contributed by atoms with Crippen molar-refractivity contribution >= 4 is 0 Å². The van der Waals surface area contributed by atoms with Gasteiger partial charge in [-0.2, -0.15) is 0 Å². The van der Waals surface area contributed by atoms with Gasteiger partial charge in [0.1, 0.15) is 5.75 Å². The summed E-state index contributed by atoms with van der Waals surface area (Å²) in [5.41, 5.74) is 6.50. The van der Waals surface area contributed by atoms with E-state index in [1.54, 1.807) is 12.1 Å². The van der Waals surface area contributed by atoms with Gasteiger partial charge in [-0.3, -0.25) is 0 Å². The van der Waals surface area contributed by atoms with Crippen molar-refractivity contribution in [3.05, 3.63) is 29.8 Å². The first kappa shape index (κ1) is 10.3. The molecule has 2 nitrogen and oxygen atoms in total. The fourth-order valence-corrected chi connectivity index (χ4v) is 0.829. The van der Waals surface area contributed by atoms with Gasteiger partial charge in [0.25, 0.3) is 0 Å². The maximum Gasteiger partial charge on any atom is 0.115 e. The molecule has 0 saturated carbocycles. The number of hydrogen-bond acceptors (Lipinski definition) is 2. The molecule has 3 N–H and O–H groups in total. The smallest absolute Gasteiger partial charge is 0.115 e. The van der Waals surface area contributed by atoms with Crippen LogP contribution in [0.4, 0.5) is 0 Å². The zero-order chi connectivity index (χ0) is 7.40. The highest BCUT2D eigenvalue weighted by atomic mass is 35.5. The molecule has 1 rings (SSSR count). The van der Waals surface area contributed by atoms with Crippen molar-refractivity contribution < 1.29 is 17.5 Å². The largest absolute Gasteiger partial charge is 1.00 e. The lowest BCUT2D eigenvalue weighted by Crippen LogP contribution is -3.00. The predicted molar refractivity (Wildman–Crippen MR) is 40.9 cm³/mol. The average molecular weight is 173 g/mol. The summed E-state index contributed by atoms with van der Waals surface area (Å²) in [5.74, 6) is 0.306. The van der Waals surface area contributed by atoms with Crippen LogP contribution < -0.4 is 18.1 Å². The molecule has 3 heteroatoms. The molecule has 0 radical (unpaired) electrons. The average Bonchev–Trinajstić information content (AvgIpc) is 1.95. The van der Waals surface area contributed by atoms with Gasteiger partial charge in [0.2, 0.25) is 0 Å². The first-order chi connectivity index (χ1) is 4.83. The van der Waals surface area contributed by atoms with Gasteiger partial charge in [0.15, 0.2) is 0 Å². The lowest BCUT2D eigenvalue weighted by molar-refractivity contribution is -0.00000322. The van der Waals surface area contributed by atoms with Crippen LogP contribution in [0.3, 0.4) is 0 Å². The molecule has 0 aromatic heterocycles. The van der Waals surface area contributed by atoms with E-state index in [2.05, 4.69) is 0 Å². The summed E-state index contributed by atoms with van der Waals surface area (Å²) in [4.78, 5) is 0. The van der Waals surface area contributed by atoms with Gasteiger partial charge in [-0.1, -0.05) is 12.1 Å². The normalized spacial score (nSPS) is 8.82. The molecule has 1 aromatic rings. The lowest BCUT2D eigenvalue weighted by atomic mass is 10.1. The third-order valence-electron chi connectivity index (χ3n) is 1.37. The monoisotopic (exact) mass is 172 g/mol. The van der Waals surface area contributed by atoms with Crippen molar-refractivity contribution in [2.24, 2.45) is 5.73 Å². The Bertz CT molecular complexity index is 198. The summed E-state index contributed by atoms with van der Waals surface area (Å²) in [6.45, 7) is 0.658. The molecule has 0 atom stereocenters. The molecular weight excluding hydrogens is 162 g/mol. The zero-order valence-electron chi connectivity index (χ0n) is 6.13. The van der Waals surface area contributed by atoms with Crippen molar-refractivity contribution in [2.45, 2.75) is 6.42 Å². The fourth-order valence-electron chi connectivity index (χ4n) is 0.829. The third-order valence-corrected chi connectivity index (χ3v) is 1.37. The second kappa shape index (κ2) is 4.99. The van der Waals surface area contributed by atoms with Gasteiger partial charge in [0.05, 0.1) is 0 Å². The molecule has 0 unspecified atom stereocenters. The number of phenolic OH excluding ortho intramolecular Hbond substituents is 1. The predicted octanol–water partition coefficient (Wildman–Crippen LogP) is -2.10. The minimum atomic E-state index is 0. The highest BCUT2D eigenvalue weighted by molar-refractivity contribution is 5.25. The highest BCUT2D eigenvalue weighted by Gasteiger charge is 1.89. The number of nitrogens with two attached hydrogens (primary N) is 1. The summed E-state index contributed by atoms with van der Waals surface area (Å²) in [7, 11) is 0. The van der Waals surface area contributed by atoms with Gasteiger partial charge in [0, 0.05) is 0 Å².